The zero-order valence-electron chi connectivity index (χ0n) is 7.12. The number of rotatable bonds is 1. The third-order valence-electron chi connectivity index (χ3n) is 2.68. The minimum atomic E-state index is -5.50. The van der Waals surface area contributed by atoms with Gasteiger partial charge in [0.1, 0.15) is 0 Å². The first-order valence-electron chi connectivity index (χ1n) is 3.73. The van der Waals surface area contributed by atoms with E-state index in [-0.39, 0.29) is 0 Å². The highest BCUT2D eigenvalue weighted by Gasteiger charge is 2.76. The van der Waals surface area contributed by atoms with Crippen LogP contribution in [-0.4, -0.2) is 18.1 Å². The molecule has 0 amide bonds. The normalized spacial score (nSPS) is 33.2. The standard InChI is InChI=1S/C7H10F5N/c1-5(2)3(4(5)13)6(8,9)7(10,11)12/h3-4H,13H2,1-2H3/t3-,4-/m0/s1. The van der Waals surface area contributed by atoms with E-state index >= 15 is 0 Å². The maximum Gasteiger partial charge on any atom is 0.453 e. The summed E-state index contributed by atoms with van der Waals surface area (Å²) >= 11 is 0. The molecule has 0 aromatic heterocycles. The van der Waals surface area contributed by atoms with Crippen molar-refractivity contribution in [3.05, 3.63) is 0 Å². The Morgan fingerprint density at radius 2 is 1.38 bits per heavy atom. The first-order valence-corrected chi connectivity index (χ1v) is 3.73. The Balaban J connectivity index is 2.86. The van der Waals surface area contributed by atoms with Crippen LogP contribution in [0.5, 0.6) is 0 Å². The molecule has 0 spiro atoms. The quantitative estimate of drug-likeness (QED) is 0.649. The number of hydrogen-bond donors (Lipinski definition) is 1. The van der Waals surface area contributed by atoms with E-state index in [1.54, 1.807) is 0 Å². The number of nitrogens with two attached hydrogens (primary N) is 1. The Hall–Kier alpha value is -0.390. The molecule has 1 aliphatic carbocycles. The lowest BCUT2D eigenvalue weighted by molar-refractivity contribution is -0.294. The average molecular weight is 203 g/mol. The SMILES string of the molecule is CC1(C)[C@@H](N)[C@@H]1C(F)(F)C(F)(F)F. The molecule has 78 valence electrons. The molecule has 2 N–H and O–H groups in total. The zero-order chi connectivity index (χ0) is 10.7. The molecule has 1 rings (SSSR count). The minimum Gasteiger partial charge on any atom is -0.327 e. The third kappa shape index (κ3) is 1.31. The van der Waals surface area contributed by atoms with Crippen LogP contribution in [0.2, 0.25) is 0 Å². The first-order chi connectivity index (χ1) is 5.53. The van der Waals surface area contributed by atoms with Crippen LogP contribution >= 0.6 is 0 Å². The van der Waals surface area contributed by atoms with Crippen molar-refractivity contribution >= 4 is 0 Å². The van der Waals surface area contributed by atoms with Gasteiger partial charge < -0.3 is 5.73 Å². The van der Waals surface area contributed by atoms with Gasteiger partial charge in [-0.05, 0) is 5.41 Å². The second kappa shape index (κ2) is 2.34. The van der Waals surface area contributed by atoms with Crippen molar-refractivity contribution in [2.24, 2.45) is 17.1 Å². The Labute approximate surface area is 72.1 Å². The van der Waals surface area contributed by atoms with Crippen molar-refractivity contribution in [3.8, 4) is 0 Å². The van der Waals surface area contributed by atoms with Crippen LogP contribution in [0.15, 0.2) is 0 Å². The summed E-state index contributed by atoms with van der Waals surface area (Å²) in [6, 6.07) is -1.08. The Bertz CT molecular complexity index is 219. The van der Waals surface area contributed by atoms with E-state index < -0.39 is 29.5 Å². The van der Waals surface area contributed by atoms with Crippen LogP contribution in [0.3, 0.4) is 0 Å². The first kappa shape index (κ1) is 10.7. The van der Waals surface area contributed by atoms with Crippen LogP contribution < -0.4 is 5.73 Å². The molecule has 0 heterocycles. The molecule has 0 aromatic rings. The fraction of sp³-hybridized carbons (Fsp3) is 1.00. The van der Waals surface area contributed by atoms with Gasteiger partial charge in [-0.25, -0.2) is 0 Å². The lowest BCUT2D eigenvalue weighted by atomic mass is 10.1. The molecule has 2 atom stereocenters. The predicted molar refractivity (Wildman–Crippen MR) is 36.2 cm³/mol. The van der Waals surface area contributed by atoms with Gasteiger partial charge in [0.05, 0.1) is 5.92 Å². The summed E-state index contributed by atoms with van der Waals surface area (Å²) in [5.74, 6) is -6.46. The Morgan fingerprint density at radius 1 is 1.08 bits per heavy atom. The zero-order valence-corrected chi connectivity index (χ0v) is 7.12. The molecule has 0 aliphatic heterocycles. The van der Waals surface area contributed by atoms with Gasteiger partial charge in [0, 0.05) is 6.04 Å². The molecule has 1 nitrogen and oxygen atoms in total. The van der Waals surface area contributed by atoms with Crippen molar-refractivity contribution < 1.29 is 22.0 Å². The van der Waals surface area contributed by atoms with Crippen molar-refractivity contribution in [1.82, 2.24) is 0 Å². The highest BCUT2D eigenvalue weighted by atomic mass is 19.4. The largest absolute Gasteiger partial charge is 0.453 e. The summed E-state index contributed by atoms with van der Waals surface area (Å²) in [6.07, 6.45) is -5.50. The van der Waals surface area contributed by atoms with E-state index in [4.69, 9.17) is 5.73 Å². The van der Waals surface area contributed by atoms with Gasteiger partial charge in [-0.3, -0.25) is 0 Å². The van der Waals surface area contributed by atoms with Crippen LogP contribution in [0.1, 0.15) is 13.8 Å². The molecular formula is C7H10F5N. The van der Waals surface area contributed by atoms with E-state index in [0.717, 1.165) is 0 Å². The number of alkyl halides is 5. The molecule has 13 heavy (non-hydrogen) atoms. The Kier molecular flexibility index (Phi) is 1.93. The number of hydrogen-bond acceptors (Lipinski definition) is 1. The van der Waals surface area contributed by atoms with Gasteiger partial charge in [-0.15, -0.1) is 0 Å². The molecule has 0 bridgehead atoms. The van der Waals surface area contributed by atoms with Crippen LogP contribution in [-0.2, 0) is 0 Å². The molecule has 6 heteroatoms. The maximum atomic E-state index is 12.7. The topological polar surface area (TPSA) is 26.0 Å². The van der Waals surface area contributed by atoms with Gasteiger partial charge >= 0.3 is 12.1 Å². The fourth-order valence-electron chi connectivity index (χ4n) is 1.55. The van der Waals surface area contributed by atoms with Gasteiger partial charge in [0.25, 0.3) is 0 Å². The second-order valence-electron chi connectivity index (χ2n) is 3.95. The average Bonchev–Trinajstić information content (AvgIpc) is 2.29. The van der Waals surface area contributed by atoms with E-state index in [1.807, 2.05) is 0 Å². The second-order valence-corrected chi connectivity index (χ2v) is 3.95. The fourth-order valence-corrected chi connectivity index (χ4v) is 1.55. The van der Waals surface area contributed by atoms with E-state index in [9.17, 15) is 22.0 Å². The molecule has 1 saturated carbocycles. The van der Waals surface area contributed by atoms with Crippen molar-refractivity contribution in [2.45, 2.75) is 32.0 Å². The summed E-state index contributed by atoms with van der Waals surface area (Å²) in [7, 11) is 0. The van der Waals surface area contributed by atoms with Gasteiger partial charge in [0.15, 0.2) is 0 Å². The smallest absolute Gasteiger partial charge is 0.327 e. The van der Waals surface area contributed by atoms with E-state index in [1.165, 1.54) is 13.8 Å². The molecule has 0 saturated heterocycles. The summed E-state index contributed by atoms with van der Waals surface area (Å²) in [5, 5.41) is 0. The molecule has 0 unspecified atom stereocenters. The van der Waals surface area contributed by atoms with Gasteiger partial charge in [-0.2, -0.15) is 22.0 Å². The monoisotopic (exact) mass is 203 g/mol. The van der Waals surface area contributed by atoms with Crippen LogP contribution in [0.25, 0.3) is 0 Å². The lowest BCUT2D eigenvalue weighted by Gasteiger charge is -2.20. The van der Waals surface area contributed by atoms with Gasteiger partial charge in [-0.1, -0.05) is 13.8 Å². The minimum absolute atomic E-state index is 1.08. The van der Waals surface area contributed by atoms with Crippen molar-refractivity contribution in [1.29, 1.82) is 0 Å². The Morgan fingerprint density at radius 3 is 1.46 bits per heavy atom. The highest BCUT2D eigenvalue weighted by molar-refractivity contribution is 5.16. The molecular weight excluding hydrogens is 193 g/mol. The highest BCUT2D eigenvalue weighted by Crippen LogP contribution is 2.61. The predicted octanol–water partition coefficient (Wildman–Crippen LogP) is 2.17. The molecule has 0 radical (unpaired) electrons. The third-order valence-corrected chi connectivity index (χ3v) is 2.68. The summed E-state index contributed by atoms with van der Waals surface area (Å²) in [4.78, 5) is 0. The van der Waals surface area contributed by atoms with E-state index in [0.29, 0.717) is 0 Å². The molecule has 0 aromatic carbocycles. The lowest BCUT2D eigenvalue weighted by Crippen LogP contribution is -2.41. The van der Waals surface area contributed by atoms with Crippen molar-refractivity contribution in [3.63, 3.8) is 0 Å². The number of halogens is 5. The maximum absolute atomic E-state index is 12.7. The van der Waals surface area contributed by atoms with Crippen molar-refractivity contribution in [2.75, 3.05) is 0 Å². The van der Waals surface area contributed by atoms with E-state index in [2.05, 4.69) is 0 Å². The van der Waals surface area contributed by atoms with Crippen LogP contribution in [0.4, 0.5) is 22.0 Å². The molecule has 1 fully saturated rings. The summed E-state index contributed by atoms with van der Waals surface area (Å²) in [5.41, 5.74) is 4.02. The molecule has 1 aliphatic rings. The van der Waals surface area contributed by atoms with Gasteiger partial charge in [0.2, 0.25) is 0 Å². The summed E-state index contributed by atoms with van der Waals surface area (Å²) < 4.78 is 60.8. The summed E-state index contributed by atoms with van der Waals surface area (Å²) in [6.45, 7) is 2.62. The van der Waals surface area contributed by atoms with Crippen LogP contribution in [0, 0.1) is 11.3 Å².